The predicted octanol–water partition coefficient (Wildman–Crippen LogP) is 2.04. The van der Waals surface area contributed by atoms with Crippen molar-refractivity contribution in [1.82, 2.24) is 0 Å². The molecule has 4 heteroatoms. The van der Waals surface area contributed by atoms with E-state index in [-0.39, 0.29) is 45.2 Å². The molecule has 0 heterocycles. The van der Waals surface area contributed by atoms with Gasteiger partial charge in [-0.2, -0.15) is 0 Å². The summed E-state index contributed by atoms with van der Waals surface area (Å²) in [7, 11) is 5.03. The van der Waals surface area contributed by atoms with E-state index in [9.17, 15) is 0 Å². The van der Waals surface area contributed by atoms with Gasteiger partial charge in [0.25, 0.3) is 0 Å². The Labute approximate surface area is 65.5 Å². The summed E-state index contributed by atoms with van der Waals surface area (Å²) in [5, 5.41) is 0. The molecule has 0 aromatic rings. The van der Waals surface area contributed by atoms with Crippen LogP contribution in [-0.4, -0.2) is 27.3 Å². The number of rotatable bonds is 0. The van der Waals surface area contributed by atoms with Crippen LogP contribution in [0, 0.1) is 0 Å². The van der Waals surface area contributed by atoms with Gasteiger partial charge in [0.1, 0.15) is 0 Å². The van der Waals surface area contributed by atoms with Gasteiger partial charge in [-0.3, -0.25) is 0 Å². The zero-order chi connectivity index (χ0) is 2.71. The minimum absolute atomic E-state index is 0. The molecular formula is BrClITl. The van der Waals surface area contributed by atoms with Crippen LogP contribution in [0.2, 0.25) is 0 Å². The Bertz CT molecular complexity index is 8.00. The van der Waals surface area contributed by atoms with E-state index in [0.717, 1.165) is 0 Å². The molecule has 2 radical (unpaired) electrons. The summed E-state index contributed by atoms with van der Waals surface area (Å²) in [5.41, 5.74) is 0. The van der Waals surface area contributed by atoms with Gasteiger partial charge in [0.05, 0.1) is 0 Å². The van der Waals surface area contributed by atoms with E-state index in [2.05, 4.69) is 12.7 Å². The molecule has 0 saturated heterocycles. The van der Waals surface area contributed by atoms with Crippen LogP contribution in [0.1, 0.15) is 0 Å². The van der Waals surface area contributed by atoms with Gasteiger partial charge in [-0.05, 0) is 21.6 Å². The van der Waals surface area contributed by atoms with Crippen LogP contribution in [0.15, 0.2) is 0 Å². The molecule has 0 aromatic heterocycles. The summed E-state index contributed by atoms with van der Waals surface area (Å²) in [5.74, 6) is 0. The van der Waals surface area contributed by atoms with Crippen LogP contribution in [0.3, 0.4) is 0 Å². The Morgan fingerprint density at radius 2 is 1.75 bits per heavy atom. The van der Waals surface area contributed by atoms with E-state index in [1.165, 1.54) is 0 Å². The third kappa shape index (κ3) is 8.83. The summed E-state index contributed by atoms with van der Waals surface area (Å²) in [4.78, 5) is 0. The van der Waals surface area contributed by atoms with Gasteiger partial charge in [0, 0.05) is 45.2 Å². The Hall–Kier alpha value is 2.42. The van der Waals surface area contributed by atoms with Crippen molar-refractivity contribution in [3.8, 4) is 0 Å². The standard InChI is InChI=1S/BrClI.Tl/c1-3-2;. The van der Waals surface area contributed by atoms with Gasteiger partial charge in [-0.25, -0.2) is 0 Å². The molecule has 0 atom stereocenters. The summed E-state index contributed by atoms with van der Waals surface area (Å²) in [6, 6.07) is 0. The SMILES string of the molecule is Cl[I]Br.[Tl]. The second-order valence-corrected chi connectivity index (χ2v) is 5.65. The average molecular weight is 447 g/mol. The molecule has 0 rings (SSSR count). The summed E-state index contributed by atoms with van der Waals surface area (Å²) >= 11 is 2.90. The minimum Gasteiger partial charge on any atom is -0.0418 e. The first-order chi connectivity index (χ1) is 1.41. The Morgan fingerprint density at radius 1 is 1.75 bits per heavy atom. The Morgan fingerprint density at radius 3 is 1.75 bits per heavy atom. The molecule has 0 aliphatic rings. The summed E-state index contributed by atoms with van der Waals surface area (Å²) in [6.07, 6.45) is 0. The normalized spacial score (nSPS) is 4.50. The average Bonchev–Trinajstić information content (AvgIpc) is 0.918. The van der Waals surface area contributed by atoms with Gasteiger partial charge >= 0.3 is 0 Å². The number of hydrogen-bond acceptors (Lipinski definition) is 0. The molecule has 0 nitrogen and oxygen atoms in total. The molecule has 0 amide bonds. The second kappa shape index (κ2) is 9.05. The fourth-order valence-corrected chi connectivity index (χ4v) is 0. The second-order valence-electron chi connectivity index (χ2n) is 0.0540. The summed E-state index contributed by atoms with van der Waals surface area (Å²) in [6.45, 7) is 0. The van der Waals surface area contributed by atoms with Crippen LogP contribution in [-0.2, 0) is 0 Å². The van der Waals surface area contributed by atoms with Gasteiger partial charge in [0.2, 0.25) is 0 Å². The quantitative estimate of drug-likeness (QED) is 0.395. The molecule has 0 aliphatic heterocycles. The third-order valence-corrected chi connectivity index (χ3v) is 0. The van der Waals surface area contributed by atoms with Crippen molar-refractivity contribution < 1.29 is 0 Å². The van der Waals surface area contributed by atoms with E-state index in [4.69, 9.17) is 8.91 Å². The van der Waals surface area contributed by atoms with E-state index >= 15 is 0 Å². The molecule has 0 saturated carbocycles. The molecule has 0 aliphatic carbocycles. The Kier molecular flexibility index (Phi) is 21.9. The fraction of sp³-hybridized carbons (Fsp3) is 0. The molecule has 0 aromatic carbocycles. The van der Waals surface area contributed by atoms with Crippen molar-refractivity contribution in [1.29, 1.82) is 0 Å². The smallest absolute Gasteiger partial charge is 0.0418 e. The van der Waals surface area contributed by atoms with Crippen molar-refractivity contribution in [3.63, 3.8) is 0 Å². The molecule has 0 spiro atoms. The molecule has 0 fully saturated rings. The van der Waals surface area contributed by atoms with Crippen LogP contribution in [0.4, 0.5) is 0 Å². The van der Waals surface area contributed by atoms with E-state index in [1.807, 2.05) is 0 Å². The van der Waals surface area contributed by atoms with Crippen molar-refractivity contribution in [3.05, 3.63) is 0 Å². The van der Waals surface area contributed by atoms with E-state index in [0.29, 0.717) is 0 Å². The van der Waals surface area contributed by atoms with Crippen LogP contribution < -0.4 is 0 Å². The molecule has 0 unspecified atom stereocenters. The van der Waals surface area contributed by atoms with Crippen molar-refractivity contribution >= 4 is 66.7 Å². The van der Waals surface area contributed by atoms with Crippen LogP contribution >= 0.6 is 39.5 Å². The molecule has 0 N–H and O–H groups in total. The maximum atomic E-state index is 5.03. The molecule has 4 heavy (non-hydrogen) atoms. The van der Waals surface area contributed by atoms with Gasteiger partial charge < -0.3 is 0 Å². The maximum absolute atomic E-state index is 5.03. The van der Waals surface area contributed by atoms with Crippen molar-refractivity contribution in [2.45, 2.75) is 0 Å². The first kappa shape index (κ1) is 9.66. The topological polar surface area (TPSA) is 0 Å². The molecular weight excluding hydrogens is 447 g/mol. The molecule has 24 valence electrons. The zero-order valence-corrected chi connectivity index (χ0v) is 10.7. The predicted molar refractivity (Wildman–Crippen MR) is 34.6 cm³/mol. The number of hydrogen-bond donors (Lipinski definition) is 0. The van der Waals surface area contributed by atoms with Crippen molar-refractivity contribution in [2.75, 3.05) is 0 Å². The third-order valence-electron chi connectivity index (χ3n) is 0. The largest absolute Gasteiger partial charge is 0.0428 e. The first-order valence-electron chi connectivity index (χ1n) is 0.286. The van der Waals surface area contributed by atoms with E-state index < -0.39 is 0 Å². The van der Waals surface area contributed by atoms with Crippen LogP contribution in [0.5, 0.6) is 0 Å². The van der Waals surface area contributed by atoms with Gasteiger partial charge in [-0.15, -0.1) is 0 Å². The Balaban J connectivity index is 0. The molecule has 0 bridgehead atoms. The van der Waals surface area contributed by atoms with Crippen molar-refractivity contribution in [2.24, 2.45) is 0 Å². The first-order valence-corrected chi connectivity index (χ1v) is 7.85. The van der Waals surface area contributed by atoms with E-state index in [1.54, 1.807) is 0 Å². The number of halogens is 3. The van der Waals surface area contributed by atoms with Gasteiger partial charge in [0.15, 0.2) is 0 Å². The monoisotopic (exact) mass is 446 g/mol. The maximum Gasteiger partial charge on any atom is 0.0428 e. The van der Waals surface area contributed by atoms with Gasteiger partial charge in [-0.1, -0.05) is 0 Å². The fourth-order valence-electron chi connectivity index (χ4n) is 0. The zero-order valence-electron chi connectivity index (χ0n) is 1.71. The minimum atomic E-state index is -0.125. The summed E-state index contributed by atoms with van der Waals surface area (Å²) < 4.78 is 0. The van der Waals surface area contributed by atoms with Crippen LogP contribution in [0.25, 0.3) is 0 Å².